The Kier molecular flexibility index (Phi) is 3.41. The Morgan fingerprint density at radius 2 is 2.00 bits per heavy atom. The van der Waals surface area contributed by atoms with Crippen LogP contribution in [0, 0.1) is 6.92 Å². The van der Waals surface area contributed by atoms with Gasteiger partial charge in [-0.05, 0) is 55.2 Å². The lowest BCUT2D eigenvalue weighted by atomic mass is 9.98. The molecule has 3 nitrogen and oxygen atoms in total. The third kappa shape index (κ3) is 2.52. The smallest absolute Gasteiger partial charge is 0.0708 e. The van der Waals surface area contributed by atoms with Gasteiger partial charge in [0.1, 0.15) is 0 Å². The van der Waals surface area contributed by atoms with Gasteiger partial charge in [0, 0.05) is 35.5 Å². The number of pyridine rings is 1. The van der Waals surface area contributed by atoms with Gasteiger partial charge in [-0.3, -0.25) is 4.98 Å². The molecule has 0 amide bonds. The maximum absolute atomic E-state index is 6.17. The van der Waals surface area contributed by atoms with Gasteiger partial charge in [-0.25, -0.2) is 0 Å². The fourth-order valence-corrected chi connectivity index (χ4v) is 3.62. The van der Waals surface area contributed by atoms with Gasteiger partial charge in [-0.15, -0.1) is 0 Å². The molecular formula is C20H21N3. The summed E-state index contributed by atoms with van der Waals surface area (Å²) in [5.41, 5.74) is 13.2. The van der Waals surface area contributed by atoms with E-state index in [2.05, 4.69) is 59.3 Å². The molecule has 2 N–H and O–H groups in total. The maximum atomic E-state index is 6.17. The maximum Gasteiger partial charge on any atom is 0.0708 e. The van der Waals surface area contributed by atoms with Crippen LogP contribution in [0.3, 0.4) is 0 Å². The summed E-state index contributed by atoms with van der Waals surface area (Å²) < 4.78 is 0. The Hall–Kier alpha value is -2.55. The van der Waals surface area contributed by atoms with Crippen LogP contribution in [0.2, 0.25) is 0 Å². The molecule has 0 radical (unpaired) electrons. The number of nitrogens with zero attached hydrogens (tertiary/aromatic N) is 2. The molecule has 2 aromatic carbocycles. The lowest BCUT2D eigenvalue weighted by Gasteiger charge is -2.32. The van der Waals surface area contributed by atoms with Gasteiger partial charge in [0.25, 0.3) is 0 Å². The quantitative estimate of drug-likeness (QED) is 0.725. The second kappa shape index (κ2) is 5.58. The van der Waals surface area contributed by atoms with Crippen molar-refractivity contribution in [2.75, 3.05) is 17.2 Å². The summed E-state index contributed by atoms with van der Waals surface area (Å²) in [4.78, 5) is 7.10. The van der Waals surface area contributed by atoms with E-state index in [-0.39, 0.29) is 0 Å². The summed E-state index contributed by atoms with van der Waals surface area (Å²) in [5.74, 6) is 0. The molecular weight excluding hydrogens is 282 g/mol. The molecule has 0 saturated heterocycles. The molecule has 0 aliphatic carbocycles. The third-order valence-electron chi connectivity index (χ3n) is 4.67. The first-order valence-electron chi connectivity index (χ1n) is 8.20. The van der Waals surface area contributed by atoms with Gasteiger partial charge in [-0.1, -0.05) is 24.3 Å². The van der Waals surface area contributed by atoms with E-state index < -0.39 is 0 Å². The van der Waals surface area contributed by atoms with Crippen molar-refractivity contribution >= 4 is 22.3 Å². The summed E-state index contributed by atoms with van der Waals surface area (Å²) in [5, 5.41) is 1.24. The first-order valence-corrected chi connectivity index (χ1v) is 8.20. The van der Waals surface area contributed by atoms with Crippen molar-refractivity contribution in [3.8, 4) is 0 Å². The van der Waals surface area contributed by atoms with E-state index in [0.29, 0.717) is 0 Å². The molecule has 0 spiro atoms. The average Bonchev–Trinajstić information content (AvgIpc) is 2.56. The van der Waals surface area contributed by atoms with Crippen molar-refractivity contribution < 1.29 is 0 Å². The van der Waals surface area contributed by atoms with E-state index in [1.54, 1.807) is 0 Å². The summed E-state index contributed by atoms with van der Waals surface area (Å²) in [7, 11) is 0. The number of nitrogen functional groups attached to an aromatic ring is 1. The lowest BCUT2D eigenvalue weighted by Crippen LogP contribution is -2.29. The summed E-state index contributed by atoms with van der Waals surface area (Å²) in [6.07, 6.45) is 2.23. The van der Waals surface area contributed by atoms with Gasteiger partial charge >= 0.3 is 0 Å². The minimum atomic E-state index is 0.903. The largest absolute Gasteiger partial charge is 0.398 e. The van der Waals surface area contributed by atoms with Crippen molar-refractivity contribution in [1.82, 2.24) is 4.98 Å². The standard InChI is InChI=1S/C20H21N3/c1-14-12-15(16-6-2-3-9-19(16)22-14)13-23-11-5-7-17-18(21)8-4-10-20(17)23/h2-4,6,8-10,12H,5,7,11,13,21H2,1H3. The van der Waals surface area contributed by atoms with Crippen molar-refractivity contribution in [3.05, 3.63) is 65.4 Å². The minimum Gasteiger partial charge on any atom is -0.398 e. The number of rotatable bonds is 2. The van der Waals surface area contributed by atoms with Gasteiger partial charge in [0.2, 0.25) is 0 Å². The fourth-order valence-electron chi connectivity index (χ4n) is 3.62. The highest BCUT2D eigenvalue weighted by molar-refractivity contribution is 5.82. The normalized spacial score (nSPS) is 14.0. The van der Waals surface area contributed by atoms with Crippen LogP contribution >= 0.6 is 0 Å². The van der Waals surface area contributed by atoms with Crippen molar-refractivity contribution in [2.45, 2.75) is 26.3 Å². The highest BCUT2D eigenvalue weighted by atomic mass is 15.1. The number of hydrogen-bond acceptors (Lipinski definition) is 3. The highest BCUT2D eigenvalue weighted by Gasteiger charge is 2.19. The van der Waals surface area contributed by atoms with E-state index in [0.717, 1.165) is 42.8 Å². The molecule has 0 unspecified atom stereocenters. The van der Waals surface area contributed by atoms with E-state index >= 15 is 0 Å². The van der Waals surface area contributed by atoms with Crippen LogP contribution in [-0.2, 0) is 13.0 Å². The number of aryl methyl sites for hydroxylation is 1. The molecule has 0 bridgehead atoms. The molecule has 23 heavy (non-hydrogen) atoms. The highest BCUT2D eigenvalue weighted by Crippen LogP contribution is 2.33. The second-order valence-corrected chi connectivity index (χ2v) is 6.31. The van der Waals surface area contributed by atoms with Crippen LogP contribution in [-0.4, -0.2) is 11.5 Å². The molecule has 3 aromatic rings. The van der Waals surface area contributed by atoms with Gasteiger partial charge < -0.3 is 10.6 Å². The predicted octanol–water partition coefficient (Wildman–Crippen LogP) is 4.08. The van der Waals surface area contributed by atoms with Crippen LogP contribution in [0.5, 0.6) is 0 Å². The van der Waals surface area contributed by atoms with Crippen LogP contribution in [0.1, 0.15) is 23.2 Å². The number of aromatic nitrogens is 1. The summed E-state index contributed by atoms with van der Waals surface area (Å²) in [6, 6.07) is 16.9. The van der Waals surface area contributed by atoms with Crippen molar-refractivity contribution in [2.24, 2.45) is 0 Å². The zero-order valence-electron chi connectivity index (χ0n) is 13.4. The topological polar surface area (TPSA) is 42.1 Å². The Morgan fingerprint density at radius 3 is 2.91 bits per heavy atom. The number of anilines is 2. The first kappa shape index (κ1) is 14.1. The molecule has 3 heteroatoms. The molecule has 0 atom stereocenters. The van der Waals surface area contributed by atoms with Crippen LogP contribution in [0.25, 0.3) is 10.9 Å². The second-order valence-electron chi connectivity index (χ2n) is 6.31. The zero-order chi connectivity index (χ0) is 15.8. The molecule has 1 aliphatic heterocycles. The first-order chi connectivity index (χ1) is 11.2. The summed E-state index contributed by atoms with van der Waals surface area (Å²) >= 11 is 0. The number of benzene rings is 2. The SMILES string of the molecule is Cc1cc(CN2CCCc3c(N)cccc32)c2ccccc2n1. The Balaban J connectivity index is 1.77. The van der Waals surface area contributed by atoms with Crippen molar-refractivity contribution in [3.63, 3.8) is 0 Å². The fraction of sp³-hybridized carbons (Fsp3) is 0.250. The molecule has 1 aliphatic rings. The number of para-hydroxylation sites is 1. The van der Waals surface area contributed by atoms with E-state index in [4.69, 9.17) is 5.73 Å². The number of hydrogen-bond donors (Lipinski definition) is 1. The van der Waals surface area contributed by atoms with E-state index in [1.807, 2.05) is 6.07 Å². The Morgan fingerprint density at radius 1 is 1.13 bits per heavy atom. The number of nitrogens with two attached hydrogens (primary N) is 1. The zero-order valence-corrected chi connectivity index (χ0v) is 13.4. The van der Waals surface area contributed by atoms with Gasteiger partial charge in [0.05, 0.1) is 5.52 Å². The molecule has 0 fully saturated rings. The monoisotopic (exact) mass is 303 g/mol. The molecule has 116 valence electrons. The van der Waals surface area contributed by atoms with E-state index in [1.165, 1.54) is 22.2 Å². The molecule has 0 saturated carbocycles. The van der Waals surface area contributed by atoms with Crippen LogP contribution in [0.4, 0.5) is 11.4 Å². The number of fused-ring (bicyclic) bond motifs is 2. The van der Waals surface area contributed by atoms with Gasteiger partial charge in [0.15, 0.2) is 0 Å². The lowest BCUT2D eigenvalue weighted by molar-refractivity contribution is 0.694. The summed E-state index contributed by atoms with van der Waals surface area (Å²) in [6.45, 7) is 4.05. The minimum absolute atomic E-state index is 0.903. The van der Waals surface area contributed by atoms with Gasteiger partial charge in [-0.2, -0.15) is 0 Å². The average molecular weight is 303 g/mol. The van der Waals surface area contributed by atoms with E-state index in [9.17, 15) is 0 Å². The predicted molar refractivity (Wildman–Crippen MR) is 96.7 cm³/mol. The Bertz CT molecular complexity index is 870. The van der Waals surface area contributed by atoms with Crippen molar-refractivity contribution in [1.29, 1.82) is 0 Å². The molecule has 2 heterocycles. The van der Waals surface area contributed by atoms with Crippen LogP contribution < -0.4 is 10.6 Å². The van der Waals surface area contributed by atoms with Crippen LogP contribution in [0.15, 0.2) is 48.5 Å². The Labute approximate surface area is 136 Å². The molecule has 1 aromatic heterocycles. The molecule has 4 rings (SSSR count). The third-order valence-corrected chi connectivity index (χ3v) is 4.67.